The molecule has 1 aromatic carbocycles. The number of carbonyl (C=O) groups is 2. The second-order valence-corrected chi connectivity index (χ2v) is 3.22. The molecule has 1 aromatic rings. The third-order valence-electron chi connectivity index (χ3n) is 1.71. The summed E-state index contributed by atoms with van der Waals surface area (Å²) in [5.74, 6) is -0.860. The quantitative estimate of drug-likeness (QED) is 0.477. The van der Waals surface area contributed by atoms with Crippen molar-refractivity contribution in [2.24, 2.45) is 17.2 Å². The second-order valence-electron chi connectivity index (χ2n) is 3.22. The number of nitrogens with two attached hydrogens (primary N) is 3. The maximum absolute atomic E-state index is 10.4. The summed E-state index contributed by atoms with van der Waals surface area (Å²) >= 11 is 0. The lowest BCUT2D eigenvalue weighted by Crippen LogP contribution is -2.32. The van der Waals surface area contributed by atoms with E-state index in [1.807, 2.05) is 0 Å². The summed E-state index contributed by atoms with van der Waals surface area (Å²) in [7, 11) is 0. The van der Waals surface area contributed by atoms with Crippen molar-refractivity contribution in [3.8, 4) is 5.75 Å². The number of aromatic hydroxyl groups is 1. The third-order valence-corrected chi connectivity index (χ3v) is 1.71. The minimum atomic E-state index is -1.02. The number of phenols is 1. The Balaban J connectivity index is 0.000000557. The molecule has 0 radical (unpaired) electrons. The van der Waals surface area contributed by atoms with Crippen molar-refractivity contribution in [3.63, 3.8) is 0 Å². The molecule has 2 amide bonds. The van der Waals surface area contributed by atoms with Crippen LogP contribution in [0.4, 0.5) is 4.79 Å². The first kappa shape index (κ1) is 14.7. The zero-order chi connectivity index (χ0) is 13.4. The van der Waals surface area contributed by atoms with Gasteiger partial charge in [-0.1, -0.05) is 12.1 Å². The molecule has 1 atom stereocenters. The fourth-order valence-electron chi connectivity index (χ4n) is 0.973. The fraction of sp³-hybridized carbons (Fsp3) is 0.200. The summed E-state index contributed by atoms with van der Waals surface area (Å²) < 4.78 is 0. The molecule has 17 heavy (non-hydrogen) atoms. The topological polar surface area (TPSA) is 153 Å². The molecule has 0 aliphatic rings. The number of benzene rings is 1. The summed E-state index contributed by atoms with van der Waals surface area (Å²) in [5, 5.41) is 17.5. The normalized spacial score (nSPS) is 10.9. The van der Waals surface area contributed by atoms with Gasteiger partial charge in [0.2, 0.25) is 0 Å². The molecule has 1 rings (SSSR count). The van der Waals surface area contributed by atoms with Gasteiger partial charge in [0.25, 0.3) is 0 Å². The predicted octanol–water partition coefficient (Wildman–Crippen LogP) is -0.630. The minimum absolute atomic E-state index is 0.160. The highest BCUT2D eigenvalue weighted by molar-refractivity contribution is 5.73. The molecule has 8 N–H and O–H groups in total. The van der Waals surface area contributed by atoms with Gasteiger partial charge in [-0.05, 0) is 24.1 Å². The van der Waals surface area contributed by atoms with Crippen molar-refractivity contribution in [2.45, 2.75) is 12.5 Å². The van der Waals surface area contributed by atoms with E-state index in [0.717, 1.165) is 5.56 Å². The Labute approximate surface area is 97.8 Å². The zero-order valence-corrected chi connectivity index (χ0v) is 9.04. The lowest BCUT2D eigenvalue weighted by atomic mass is 10.1. The number of hydrogen-bond donors (Lipinski definition) is 5. The first-order valence-electron chi connectivity index (χ1n) is 4.64. The van der Waals surface area contributed by atoms with Gasteiger partial charge in [-0.2, -0.15) is 0 Å². The molecule has 0 spiro atoms. The van der Waals surface area contributed by atoms with E-state index in [1.54, 1.807) is 12.1 Å². The molecule has 0 saturated carbocycles. The van der Waals surface area contributed by atoms with Crippen LogP contribution in [0, 0.1) is 0 Å². The highest BCUT2D eigenvalue weighted by Gasteiger charge is 2.11. The minimum Gasteiger partial charge on any atom is -0.508 e. The Morgan fingerprint density at radius 2 is 1.59 bits per heavy atom. The standard InChI is InChI=1S/C9H11NO3.CH4N2O/c10-8(9(12)13)5-6-1-3-7(11)4-2-6;2-1(3)4/h1-4,8,11H,5,10H2,(H,12,13);(H4,2,3,4)/t8-;/m0./s1. The Morgan fingerprint density at radius 3 is 1.94 bits per heavy atom. The van der Waals surface area contributed by atoms with E-state index < -0.39 is 18.0 Å². The zero-order valence-electron chi connectivity index (χ0n) is 9.04. The number of carboxylic acid groups (broad SMARTS) is 1. The van der Waals surface area contributed by atoms with Gasteiger partial charge in [0.05, 0.1) is 0 Å². The average Bonchev–Trinajstić information content (AvgIpc) is 2.20. The van der Waals surface area contributed by atoms with Gasteiger partial charge in [-0.15, -0.1) is 0 Å². The summed E-state index contributed by atoms with van der Waals surface area (Å²) in [5.41, 5.74) is 14.6. The van der Waals surface area contributed by atoms with E-state index in [9.17, 15) is 4.79 Å². The summed E-state index contributed by atoms with van der Waals surface area (Å²) in [6.45, 7) is 0. The van der Waals surface area contributed by atoms with Crippen LogP contribution in [0.2, 0.25) is 0 Å². The van der Waals surface area contributed by atoms with Crippen molar-refractivity contribution >= 4 is 12.0 Å². The molecule has 0 saturated heterocycles. The third kappa shape index (κ3) is 7.63. The van der Waals surface area contributed by atoms with Crippen LogP contribution >= 0.6 is 0 Å². The van der Waals surface area contributed by atoms with Gasteiger partial charge in [0.15, 0.2) is 0 Å². The van der Waals surface area contributed by atoms with E-state index in [2.05, 4.69) is 11.5 Å². The van der Waals surface area contributed by atoms with Crippen LogP contribution in [0.1, 0.15) is 5.56 Å². The van der Waals surface area contributed by atoms with E-state index in [4.69, 9.17) is 20.7 Å². The molecular weight excluding hydrogens is 226 g/mol. The van der Waals surface area contributed by atoms with Gasteiger partial charge in [0.1, 0.15) is 11.8 Å². The average molecular weight is 241 g/mol. The second kappa shape index (κ2) is 7.07. The molecule has 0 bridgehead atoms. The molecule has 0 aliphatic heterocycles. The first-order valence-corrected chi connectivity index (χ1v) is 4.64. The molecule has 0 aliphatic carbocycles. The van der Waals surface area contributed by atoms with Gasteiger partial charge in [0, 0.05) is 0 Å². The van der Waals surface area contributed by atoms with Crippen molar-refractivity contribution in [1.29, 1.82) is 0 Å². The number of phenolic OH excluding ortho intramolecular Hbond substituents is 1. The molecule has 7 heteroatoms. The van der Waals surface area contributed by atoms with Crippen LogP contribution in [-0.4, -0.2) is 28.3 Å². The monoisotopic (exact) mass is 241 g/mol. The molecule has 0 unspecified atom stereocenters. The number of hydrogen-bond acceptors (Lipinski definition) is 4. The van der Waals surface area contributed by atoms with Crippen LogP contribution in [0.25, 0.3) is 0 Å². The maximum Gasteiger partial charge on any atom is 0.320 e. The van der Waals surface area contributed by atoms with Crippen LogP contribution < -0.4 is 17.2 Å². The van der Waals surface area contributed by atoms with Crippen LogP contribution in [0.5, 0.6) is 5.75 Å². The number of carbonyl (C=O) groups excluding carboxylic acids is 1. The number of urea groups is 1. The largest absolute Gasteiger partial charge is 0.508 e. The Morgan fingerprint density at radius 1 is 1.18 bits per heavy atom. The number of aliphatic carboxylic acids is 1. The van der Waals surface area contributed by atoms with Gasteiger partial charge < -0.3 is 27.4 Å². The van der Waals surface area contributed by atoms with Crippen molar-refractivity contribution in [1.82, 2.24) is 0 Å². The van der Waals surface area contributed by atoms with Crippen LogP contribution in [0.15, 0.2) is 24.3 Å². The highest BCUT2D eigenvalue weighted by Crippen LogP contribution is 2.10. The first-order chi connectivity index (χ1) is 7.82. The molecule has 7 nitrogen and oxygen atoms in total. The molecule has 0 heterocycles. The number of primary amides is 2. The smallest absolute Gasteiger partial charge is 0.320 e. The van der Waals surface area contributed by atoms with Crippen molar-refractivity contribution in [3.05, 3.63) is 29.8 Å². The van der Waals surface area contributed by atoms with E-state index in [-0.39, 0.29) is 12.2 Å². The molecule has 0 fully saturated rings. The molecule has 94 valence electrons. The molecule has 0 aromatic heterocycles. The van der Waals surface area contributed by atoms with Crippen LogP contribution in [0.3, 0.4) is 0 Å². The van der Waals surface area contributed by atoms with Crippen molar-refractivity contribution in [2.75, 3.05) is 0 Å². The van der Waals surface area contributed by atoms with Crippen molar-refractivity contribution < 1.29 is 19.8 Å². The van der Waals surface area contributed by atoms with E-state index in [0.29, 0.717) is 0 Å². The van der Waals surface area contributed by atoms with Gasteiger partial charge >= 0.3 is 12.0 Å². The number of carboxylic acids is 1. The Kier molecular flexibility index (Phi) is 6.12. The predicted molar refractivity (Wildman–Crippen MR) is 61.2 cm³/mol. The fourth-order valence-corrected chi connectivity index (χ4v) is 0.973. The molecular formula is C10H15N3O4. The van der Waals surface area contributed by atoms with E-state index >= 15 is 0 Å². The van der Waals surface area contributed by atoms with E-state index in [1.165, 1.54) is 12.1 Å². The number of rotatable bonds is 3. The Bertz CT molecular complexity index is 374. The highest BCUT2D eigenvalue weighted by atomic mass is 16.4. The summed E-state index contributed by atoms with van der Waals surface area (Å²) in [4.78, 5) is 19.4. The maximum atomic E-state index is 10.4. The summed E-state index contributed by atoms with van der Waals surface area (Å²) in [6.07, 6.45) is 0.273. The lowest BCUT2D eigenvalue weighted by Gasteiger charge is -2.05. The Hall–Kier alpha value is -2.28. The van der Waals surface area contributed by atoms with Crippen LogP contribution in [-0.2, 0) is 11.2 Å². The van der Waals surface area contributed by atoms with Gasteiger partial charge in [-0.25, -0.2) is 4.79 Å². The SMILES string of the molecule is NC(N)=O.N[C@@H](Cc1ccc(O)cc1)C(=O)O. The summed E-state index contributed by atoms with van der Waals surface area (Å²) in [6, 6.07) is 4.59. The lowest BCUT2D eigenvalue weighted by molar-refractivity contribution is -0.138. The number of amides is 2. The van der Waals surface area contributed by atoms with Gasteiger partial charge in [-0.3, -0.25) is 4.79 Å².